The Bertz CT molecular complexity index is 847. The van der Waals surface area contributed by atoms with Crippen molar-refractivity contribution >= 4 is 17.5 Å². The molecule has 1 aliphatic heterocycles. The number of rotatable bonds is 5. The number of hydrogen-bond donors (Lipinski definition) is 2. The Hall–Kier alpha value is -2.99. The highest BCUT2D eigenvalue weighted by Gasteiger charge is 2.41. The molecule has 2 amide bonds. The number of amides is 2. The van der Waals surface area contributed by atoms with E-state index in [4.69, 9.17) is 0 Å². The highest BCUT2D eigenvalue weighted by atomic mass is 16.3. The van der Waals surface area contributed by atoms with Crippen molar-refractivity contribution in [2.24, 2.45) is 5.10 Å². The minimum absolute atomic E-state index is 0.281. The first-order chi connectivity index (χ1) is 12.9. The molecule has 0 saturated heterocycles. The average molecular weight is 365 g/mol. The molecule has 0 unspecified atom stereocenters. The molecule has 2 atom stereocenters. The molecule has 0 fully saturated rings. The first kappa shape index (κ1) is 18.8. The van der Waals surface area contributed by atoms with Crippen LogP contribution in [-0.2, 0) is 11.2 Å². The first-order valence-electron chi connectivity index (χ1n) is 8.87. The molecule has 0 bridgehead atoms. The van der Waals surface area contributed by atoms with Gasteiger partial charge in [0, 0.05) is 24.1 Å². The molecule has 2 N–H and O–H groups in total. The van der Waals surface area contributed by atoms with Gasteiger partial charge in [0.15, 0.2) is 5.72 Å². The van der Waals surface area contributed by atoms with Crippen LogP contribution in [0, 0.1) is 0 Å². The number of carbonyl (C=O) groups excluding carboxylic acids is 2. The van der Waals surface area contributed by atoms with Crippen LogP contribution in [0.5, 0.6) is 0 Å². The summed E-state index contributed by atoms with van der Waals surface area (Å²) in [5, 5.41) is 18.6. The lowest BCUT2D eigenvalue weighted by Gasteiger charge is -2.30. The van der Waals surface area contributed by atoms with Gasteiger partial charge in [0.05, 0.1) is 0 Å². The monoisotopic (exact) mass is 365 g/mol. The maximum absolute atomic E-state index is 13.1. The summed E-state index contributed by atoms with van der Waals surface area (Å²) >= 11 is 0. The van der Waals surface area contributed by atoms with E-state index < -0.39 is 17.7 Å². The van der Waals surface area contributed by atoms with Crippen LogP contribution in [0.15, 0.2) is 65.8 Å². The highest BCUT2D eigenvalue weighted by molar-refractivity contribution is 5.98. The van der Waals surface area contributed by atoms with Crippen molar-refractivity contribution in [1.29, 1.82) is 0 Å². The van der Waals surface area contributed by atoms with Gasteiger partial charge in [-0.25, -0.2) is 5.01 Å². The third kappa shape index (κ3) is 4.41. The van der Waals surface area contributed by atoms with Gasteiger partial charge in [-0.1, -0.05) is 48.5 Å². The zero-order valence-corrected chi connectivity index (χ0v) is 15.4. The standard InChI is InChI=1S/C21H23N3O3/c1-15-14-21(2,27)24(23-15)20(26)18(13-16-9-5-3-6-10-16)22-19(25)17-11-7-4-8-12-17/h3-12,18,27H,13-14H2,1-2H3,(H,22,25)/t18-,21+/m0/s1. The van der Waals surface area contributed by atoms with Crippen LogP contribution in [0.2, 0.25) is 0 Å². The van der Waals surface area contributed by atoms with Crippen LogP contribution in [0.1, 0.15) is 36.2 Å². The largest absolute Gasteiger partial charge is 0.369 e. The van der Waals surface area contributed by atoms with Crippen molar-refractivity contribution in [2.45, 2.75) is 38.5 Å². The molecule has 0 aliphatic carbocycles. The molecule has 2 aromatic carbocycles. The second kappa shape index (κ2) is 7.72. The van der Waals surface area contributed by atoms with Gasteiger partial charge in [0.2, 0.25) is 0 Å². The number of carbonyl (C=O) groups is 2. The SMILES string of the molecule is CC1=NN(C(=O)[C@H](Cc2ccccc2)NC(=O)c2ccccc2)[C@](C)(O)C1. The van der Waals surface area contributed by atoms with Crippen molar-refractivity contribution in [2.75, 3.05) is 0 Å². The van der Waals surface area contributed by atoms with Gasteiger partial charge < -0.3 is 10.4 Å². The average Bonchev–Trinajstić information content (AvgIpc) is 2.94. The minimum Gasteiger partial charge on any atom is -0.369 e. The number of hydrogen-bond acceptors (Lipinski definition) is 4. The highest BCUT2D eigenvalue weighted by Crippen LogP contribution is 2.25. The van der Waals surface area contributed by atoms with Gasteiger partial charge in [-0.05, 0) is 31.5 Å². The molecule has 6 nitrogen and oxygen atoms in total. The third-order valence-corrected chi connectivity index (χ3v) is 4.45. The molecule has 27 heavy (non-hydrogen) atoms. The summed E-state index contributed by atoms with van der Waals surface area (Å²) in [4.78, 5) is 25.7. The Labute approximate surface area is 158 Å². The maximum atomic E-state index is 13.1. The van der Waals surface area contributed by atoms with E-state index in [1.54, 1.807) is 38.1 Å². The summed E-state index contributed by atoms with van der Waals surface area (Å²) in [6.07, 6.45) is 0.586. The van der Waals surface area contributed by atoms with E-state index in [0.29, 0.717) is 17.7 Å². The van der Waals surface area contributed by atoms with E-state index in [0.717, 1.165) is 10.6 Å². The summed E-state index contributed by atoms with van der Waals surface area (Å²) in [7, 11) is 0. The van der Waals surface area contributed by atoms with E-state index >= 15 is 0 Å². The van der Waals surface area contributed by atoms with Crippen LogP contribution >= 0.6 is 0 Å². The predicted octanol–water partition coefficient (Wildman–Crippen LogP) is 2.34. The molecule has 1 heterocycles. The molecule has 1 aliphatic rings. The van der Waals surface area contributed by atoms with E-state index in [9.17, 15) is 14.7 Å². The second-order valence-corrected chi connectivity index (χ2v) is 6.96. The topological polar surface area (TPSA) is 82.0 Å². The van der Waals surface area contributed by atoms with Gasteiger partial charge in [0.1, 0.15) is 6.04 Å². The van der Waals surface area contributed by atoms with Gasteiger partial charge in [-0.3, -0.25) is 9.59 Å². The number of hydrazone groups is 1. The number of aliphatic hydroxyl groups is 1. The second-order valence-electron chi connectivity index (χ2n) is 6.96. The molecule has 0 radical (unpaired) electrons. The summed E-state index contributed by atoms with van der Waals surface area (Å²) < 4.78 is 0. The fourth-order valence-corrected chi connectivity index (χ4v) is 3.19. The predicted molar refractivity (Wildman–Crippen MR) is 103 cm³/mol. The quantitative estimate of drug-likeness (QED) is 0.853. The van der Waals surface area contributed by atoms with Gasteiger partial charge in [-0.15, -0.1) is 0 Å². The summed E-state index contributed by atoms with van der Waals surface area (Å²) in [5.74, 6) is -0.783. The molecule has 6 heteroatoms. The van der Waals surface area contributed by atoms with Crippen LogP contribution < -0.4 is 5.32 Å². The Balaban J connectivity index is 1.85. The summed E-state index contributed by atoms with van der Waals surface area (Å²) in [6.45, 7) is 3.31. The van der Waals surface area contributed by atoms with Crippen molar-refractivity contribution < 1.29 is 14.7 Å². The fraction of sp³-hybridized carbons (Fsp3) is 0.286. The maximum Gasteiger partial charge on any atom is 0.268 e. The molecule has 3 rings (SSSR count). The lowest BCUT2D eigenvalue weighted by Crippen LogP contribution is -2.53. The lowest BCUT2D eigenvalue weighted by molar-refractivity contribution is -0.154. The van der Waals surface area contributed by atoms with E-state index in [1.807, 2.05) is 36.4 Å². The van der Waals surface area contributed by atoms with Crippen LogP contribution in [0.4, 0.5) is 0 Å². The third-order valence-electron chi connectivity index (χ3n) is 4.45. The van der Waals surface area contributed by atoms with E-state index in [1.165, 1.54) is 0 Å². The summed E-state index contributed by atoms with van der Waals surface area (Å²) in [5.41, 5.74) is 0.647. The molecular weight excluding hydrogens is 342 g/mol. The van der Waals surface area contributed by atoms with Crippen LogP contribution in [-0.4, -0.2) is 39.4 Å². The fourth-order valence-electron chi connectivity index (χ4n) is 3.19. The zero-order chi connectivity index (χ0) is 19.4. The Morgan fingerprint density at radius 2 is 1.74 bits per heavy atom. The smallest absolute Gasteiger partial charge is 0.268 e. The molecule has 2 aromatic rings. The minimum atomic E-state index is -1.40. The Morgan fingerprint density at radius 3 is 2.30 bits per heavy atom. The molecule has 140 valence electrons. The molecular formula is C21H23N3O3. The Kier molecular flexibility index (Phi) is 5.37. The first-order valence-corrected chi connectivity index (χ1v) is 8.87. The van der Waals surface area contributed by atoms with Crippen LogP contribution in [0.25, 0.3) is 0 Å². The van der Waals surface area contributed by atoms with E-state index in [2.05, 4.69) is 10.4 Å². The van der Waals surface area contributed by atoms with Crippen molar-refractivity contribution in [3.05, 3.63) is 71.8 Å². The van der Waals surface area contributed by atoms with Crippen molar-refractivity contribution in [1.82, 2.24) is 10.3 Å². The number of nitrogens with one attached hydrogen (secondary N) is 1. The Morgan fingerprint density at radius 1 is 1.15 bits per heavy atom. The number of benzene rings is 2. The molecule has 0 saturated carbocycles. The zero-order valence-electron chi connectivity index (χ0n) is 15.4. The van der Waals surface area contributed by atoms with Crippen LogP contribution in [0.3, 0.4) is 0 Å². The molecule has 0 spiro atoms. The lowest BCUT2D eigenvalue weighted by atomic mass is 10.0. The molecule has 0 aromatic heterocycles. The van der Waals surface area contributed by atoms with Gasteiger partial charge in [0.25, 0.3) is 11.8 Å². The normalized spacial score (nSPS) is 20.1. The van der Waals surface area contributed by atoms with E-state index in [-0.39, 0.29) is 12.3 Å². The van der Waals surface area contributed by atoms with Gasteiger partial charge >= 0.3 is 0 Å². The number of nitrogens with zero attached hydrogens (tertiary/aromatic N) is 2. The van der Waals surface area contributed by atoms with Crippen molar-refractivity contribution in [3.8, 4) is 0 Å². The summed E-state index contributed by atoms with van der Waals surface area (Å²) in [6, 6.07) is 17.3. The van der Waals surface area contributed by atoms with Crippen molar-refractivity contribution in [3.63, 3.8) is 0 Å². The van der Waals surface area contributed by atoms with Gasteiger partial charge in [-0.2, -0.15) is 5.10 Å².